The number of ether oxygens (including phenoxy) is 2. The smallest absolute Gasteiger partial charge is 0.462 e. The van der Waals surface area contributed by atoms with Crippen LogP contribution in [-0.2, 0) is 32.7 Å². The van der Waals surface area contributed by atoms with Crippen LogP contribution in [0, 0.1) is 0 Å². The molecular formula is C46H81O10P. The van der Waals surface area contributed by atoms with Gasteiger partial charge in [0.15, 0.2) is 6.10 Å². The van der Waals surface area contributed by atoms with Crippen LogP contribution in [0.25, 0.3) is 0 Å². The third-order valence-electron chi connectivity index (χ3n) is 9.29. The van der Waals surface area contributed by atoms with E-state index >= 15 is 0 Å². The first kappa shape index (κ1) is 54.7. The minimum absolute atomic E-state index is 0.144. The minimum Gasteiger partial charge on any atom is -0.462 e. The van der Waals surface area contributed by atoms with Crippen molar-refractivity contribution in [3.63, 3.8) is 0 Å². The first-order valence-corrected chi connectivity index (χ1v) is 23.7. The zero-order chi connectivity index (χ0) is 41.9. The highest BCUT2D eigenvalue weighted by molar-refractivity contribution is 7.47. The van der Waals surface area contributed by atoms with E-state index in [0.29, 0.717) is 12.8 Å². The van der Waals surface area contributed by atoms with E-state index in [1.807, 2.05) is 6.08 Å². The van der Waals surface area contributed by atoms with Crippen molar-refractivity contribution in [3.05, 3.63) is 61.3 Å². The summed E-state index contributed by atoms with van der Waals surface area (Å²) in [6, 6.07) is 0. The Labute approximate surface area is 346 Å². The van der Waals surface area contributed by atoms with Crippen LogP contribution in [0.2, 0.25) is 0 Å². The molecule has 0 aliphatic carbocycles. The molecule has 0 aromatic heterocycles. The number of esters is 2. The van der Waals surface area contributed by atoms with Crippen LogP contribution in [-0.4, -0.2) is 65.7 Å². The van der Waals surface area contributed by atoms with Gasteiger partial charge in [-0.05, 0) is 70.6 Å². The molecule has 0 spiro atoms. The summed E-state index contributed by atoms with van der Waals surface area (Å²) >= 11 is 0. The van der Waals surface area contributed by atoms with E-state index in [9.17, 15) is 24.2 Å². The van der Waals surface area contributed by atoms with Crippen molar-refractivity contribution in [2.45, 2.75) is 192 Å². The lowest BCUT2D eigenvalue weighted by molar-refractivity contribution is -0.161. The summed E-state index contributed by atoms with van der Waals surface area (Å²) in [4.78, 5) is 35.0. The third kappa shape index (κ3) is 41.6. The Bertz CT molecular complexity index is 1120. The van der Waals surface area contributed by atoms with Gasteiger partial charge >= 0.3 is 19.8 Å². The van der Waals surface area contributed by atoms with E-state index in [0.717, 1.165) is 64.2 Å². The first-order chi connectivity index (χ1) is 27.7. The highest BCUT2D eigenvalue weighted by Crippen LogP contribution is 2.43. The molecule has 0 saturated heterocycles. The fourth-order valence-electron chi connectivity index (χ4n) is 5.84. The van der Waals surface area contributed by atoms with Gasteiger partial charge in [0, 0.05) is 12.8 Å². The lowest BCUT2D eigenvalue weighted by Crippen LogP contribution is -2.29. The standard InChI is InChI=1S/C46H81O10P/c1-3-5-7-9-11-13-15-17-19-20-21-22-24-26-28-30-32-34-36-38-46(50)56-44(42-55-57(51,52)54-40-43(48)39-47)41-53-45(49)37-35-33-31-29-27-25-23-18-16-14-12-10-8-6-4-2/h4,11,13,17,19,21-22,26,28,43-44,47-48H,2-3,5-10,12,14-16,18,20,23-25,27,29-42H2,1H3,(H,51,52)/b13-11+,19-17+,22-21+,28-26+/t43-,44+/m0/s1. The van der Waals surface area contributed by atoms with Gasteiger partial charge in [-0.25, -0.2) is 4.57 Å². The number of aliphatic hydroxyl groups is 2. The summed E-state index contributed by atoms with van der Waals surface area (Å²) < 4.78 is 32.7. The number of hydrogen-bond acceptors (Lipinski definition) is 9. The summed E-state index contributed by atoms with van der Waals surface area (Å²) in [5, 5.41) is 18.3. The summed E-state index contributed by atoms with van der Waals surface area (Å²) in [6.45, 7) is 3.83. The third-order valence-corrected chi connectivity index (χ3v) is 10.2. The molecule has 0 fully saturated rings. The molecule has 3 N–H and O–H groups in total. The summed E-state index contributed by atoms with van der Waals surface area (Å²) in [6.07, 6.45) is 45.0. The maximum Gasteiger partial charge on any atom is 0.472 e. The van der Waals surface area contributed by atoms with Crippen LogP contribution in [0.5, 0.6) is 0 Å². The van der Waals surface area contributed by atoms with Gasteiger partial charge < -0.3 is 24.6 Å². The molecule has 3 atom stereocenters. The molecule has 1 unspecified atom stereocenters. The zero-order valence-corrected chi connectivity index (χ0v) is 36.5. The van der Waals surface area contributed by atoms with Crippen molar-refractivity contribution < 1.29 is 47.8 Å². The Hall–Kier alpha value is -2.33. The first-order valence-electron chi connectivity index (χ1n) is 22.2. The van der Waals surface area contributed by atoms with Crippen LogP contribution < -0.4 is 0 Å². The lowest BCUT2D eigenvalue weighted by Gasteiger charge is -2.20. The van der Waals surface area contributed by atoms with E-state index in [1.54, 1.807) is 0 Å². The second-order valence-electron chi connectivity index (χ2n) is 14.8. The minimum atomic E-state index is -4.63. The van der Waals surface area contributed by atoms with Crippen LogP contribution in [0.1, 0.15) is 180 Å². The van der Waals surface area contributed by atoms with Gasteiger partial charge in [-0.15, -0.1) is 6.58 Å². The zero-order valence-electron chi connectivity index (χ0n) is 35.6. The van der Waals surface area contributed by atoms with Crippen molar-refractivity contribution in [1.29, 1.82) is 0 Å². The quantitative estimate of drug-likeness (QED) is 0.0235. The van der Waals surface area contributed by atoms with Crippen molar-refractivity contribution in [2.75, 3.05) is 26.4 Å². The van der Waals surface area contributed by atoms with Crippen molar-refractivity contribution in [2.24, 2.45) is 0 Å². The molecule has 330 valence electrons. The number of carbonyl (C=O) groups is 2. The SMILES string of the molecule is C=CCCCCCCCCCCCCCCCC(=O)OC[C@H](COP(=O)(O)OC[C@@H](O)CO)OC(=O)CCCCC/C=C/C/C=C/C/C=C/C/C=C/CCCCC. The molecule has 57 heavy (non-hydrogen) atoms. The molecule has 0 aromatic rings. The topological polar surface area (TPSA) is 149 Å². The van der Waals surface area contributed by atoms with E-state index in [2.05, 4.69) is 66.6 Å². The van der Waals surface area contributed by atoms with Gasteiger partial charge in [-0.1, -0.05) is 151 Å². The predicted molar refractivity (Wildman–Crippen MR) is 233 cm³/mol. The second kappa shape index (κ2) is 41.8. The van der Waals surface area contributed by atoms with Gasteiger partial charge in [0.2, 0.25) is 0 Å². The largest absolute Gasteiger partial charge is 0.472 e. The van der Waals surface area contributed by atoms with E-state index in [4.69, 9.17) is 19.1 Å². The fourth-order valence-corrected chi connectivity index (χ4v) is 6.63. The monoisotopic (exact) mass is 825 g/mol. The maximum atomic E-state index is 12.6. The summed E-state index contributed by atoms with van der Waals surface area (Å²) in [5.41, 5.74) is 0. The van der Waals surface area contributed by atoms with E-state index < -0.39 is 51.8 Å². The maximum absolute atomic E-state index is 12.6. The Morgan fingerprint density at radius 2 is 1.00 bits per heavy atom. The molecule has 0 aliphatic heterocycles. The van der Waals surface area contributed by atoms with Crippen molar-refractivity contribution >= 4 is 19.8 Å². The summed E-state index contributed by atoms with van der Waals surface area (Å²) in [7, 11) is -4.63. The van der Waals surface area contributed by atoms with Gasteiger partial charge in [0.1, 0.15) is 12.7 Å². The predicted octanol–water partition coefficient (Wildman–Crippen LogP) is 11.9. The number of phosphoric ester groups is 1. The Morgan fingerprint density at radius 1 is 0.579 bits per heavy atom. The van der Waals surface area contributed by atoms with Crippen LogP contribution in [0.15, 0.2) is 61.3 Å². The molecule has 0 radical (unpaired) electrons. The number of aliphatic hydroxyl groups excluding tert-OH is 2. The molecule has 11 heteroatoms. The Morgan fingerprint density at radius 3 is 1.51 bits per heavy atom. The van der Waals surface area contributed by atoms with E-state index in [1.165, 1.54) is 83.5 Å². The number of allylic oxidation sites excluding steroid dienone is 9. The number of unbranched alkanes of at least 4 members (excludes halogenated alkanes) is 19. The normalized spacial score (nSPS) is 14.2. The average molecular weight is 825 g/mol. The average Bonchev–Trinajstić information content (AvgIpc) is 3.20. The molecule has 10 nitrogen and oxygen atoms in total. The molecule has 0 bridgehead atoms. The molecule has 0 rings (SSSR count). The van der Waals surface area contributed by atoms with Gasteiger partial charge in [0.25, 0.3) is 0 Å². The number of phosphoric acid groups is 1. The van der Waals surface area contributed by atoms with E-state index in [-0.39, 0.29) is 19.4 Å². The fraction of sp³-hybridized carbons (Fsp3) is 0.739. The van der Waals surface area contributed by atoms with Crippen molar-refractivity contribution in [1.82, 2.24) is 0 Å². The summed E-state index contributed by atoms with van der Waals surface area (Å²) in [5.74, 6) is -0.965. The highest BCUT2D eigenvalue weighted by atomic mass is 31.2. The molecule has 0 aromatic carbocycles. The van der Waals surface area contributed by atoms with Crippen LogP contribution in [0.4, 0.5) is 0 Å². The number of rotatable bonds is 42. The lowest BCUT2D eigenvalue weighted by atomic mass is 10.0. The highest BCUT2D eigenvalue weighted by Gasteiger charge is 2.27. The van der Waals surface area contributed by atoms with Crippen molar-refractivity contribution in [3.8, 4) is 0 Å². The molecule has 0 saturated carbocycles. The molecular weight excluding hydrogens is 743 g/mol. The van der Waals surface area contributed by atoms with Crippen LogP contribution in [0.3, 0.4) is 0 Å². The Kier molecular flexibility index (Phi) is 40.1. The molecule has 0 aliphatic rings. The number of hydrogen-bond donors (Lipinski definition) is 3. The number of carbonyl (C=O) groups excluding carboxylic acids is 2. The van der Waals surface area contributed by atoms with Gasteiger partial charge in [-0.2, -0.15) is 0 Å². The second-order valence-corrected chi connectivity index (χ2v) is 16.3. The van der Waals surface area contributed by atoms with Crippen LogP contribution >= 0.6 is 7.82 Å². The van der Waals surface area contributed by atoms with Gasteiger partial charge in [0.05, 0.1) is 19.8 Å². The molecule has 0 amide bonds. The Balaban J connectivity index is 4.34. The van der Waals surface area contributed by atoms with Gasteiger partial charge in [-0.3, -0.25) is 18.6 Å². The molecule has 0 heterocycles.